The van der Waals surface area contributed by atoms with Gasteiger partial charge < -0.3 is 19.6 Å². The number of furan rings is 1. The second kappa shape index (κ2) is 6.71. The molecule has 1 unspecified atom stereocenters. The fourth-order valence-corrected chi connectivity index (χ4v) is 2.67. The van der Waals surface area contributed by atoms with Crippen LogP contribution in [0.4, 0.5) is 0 Å². The van der Waals surface area contributed by atoms with Crippen molar-refractivity contribution < 1.29 is 23.8 Å². The van der Waals surface area contributed by atoms with E-state index in [-0.39, 0.29) is 13.0 Å². The zero-order valence-electron chi connectivity index (χ0n) is 12.2. The van der Waals surface area contributed by atoms with Gasteiger partial charge in [-0.3, -0.25) is 4.79 Å². The molecule has 2 N–H and O–H groups in total. The molecule has 0 saturated heterocycles. The first-order chi connectivity index (χ1) is 10.4. The van der Waals surface area contributed by atoms with Crippen molar-refractivity contribution in [3.05, 3.63) is 29.7 Å². The standard InChI is InChI=1S/C14H16N2O5S/c1-14(8-20-2,13(18)19)16-11(17)5-10-7-22-12(15-10)9-3-4-21-6-9/h3-4,6-7H,5,8H2,1-2H3,(H,16,17)(H,18,19). The van der Waals surface area contributed by atoms with Crippen LogP contribution in [0.5, 0.6) is 0 Å². The third-order valence-corrected chi connectivity index (χ3v) is 3.92. The lowest BCUT2D eigenvalue weighted by Gasteiger charge is -2.25. The van der Waals surface area contributed by atoms with Crippen LogP contribution in [0.3, 0.4) is 0 Å². The van der Waals surface area contributed by atoms with Crippen molar-refractivity contribution in [3.63, 3.8) is 0 Å². The minimum atomic E-state index is -1.46. The maximum absolute atomic E-state index is 12.0. The van der Waals surface area contributed by atoms with Crippen LogP contribution >= 0.6 is 11.3 Å². The SMILES string of the molecule is COCC(C)(NC(=O)Cc1csc(-c2ccoc2)n1)C(=O)O. The van der Waals surface area contributed by atoms with Crippen LogP contribution < -0.4 is 5.32 Å². The third-order valence-electron chi connectivity index (χ3n) is 2.98. The Hall–Kier alpha value is -2.19. The molecule has 7 nitrogen and oxygen atoms in total. The smallest absolute Gasteiger partial charge is 0.331 e. The van der Waals surface area contributed by atoms with Gasteiger partial charge >= 0.3 is 5.97 Å². The van der Waals surface area contributed by atoms with Crippen molar-refractivity contribution >= 4 is 23.2 Å². The molecule has 0 aromatic carbocycles. The van der Waals surface area contributed by atoms with Gasteiger partial charge in [0.15, 0.2) is 5.54 Å². The zero-order valence-corrected chi connectivity index (χ0v) is 13.0. The topological polar surface area (TPSA) is 102 Å². The molecule has 0 radical (unpaired) electrons. The second-order valence-electron chi connectivity index (χ2n) is 4.95. The number of aliphatic carboxylic acids is 1. The number of hydrogen-bond acceptors (Lipinski definition) is 6. The first-order valence-electron chi connectivity index (χ1n) is 6.45. The molecule has 1 amide bonds. The van der Waals surface area contributed by atoms with E-state index in [2.05, 4.69) is 10.3 Å². The van der Waals surface area contributed by atoms with Gasteiger partial charge in [-0.1, -0.05) is 0 Å². The molecule has 2 aromatic rings. The lowest BCUT2D eigenvalue weighted by Crippen LogP contribution is -2.55. The summed E-state index contributed by atoms with van der Waals surface area (Å²) in [6.07, 6.45) is 3.12. The van der Waals surface area contributed by atoms with Gasteiger partial charge in [-0.2, -0.15) is 0 Å². The van der Waals surface area contributed by atoms with Gasteiger partial charge in [0.25, 0.3) is 0 Å². The number of carbonyl (C=O) groups is 2. The van der Waals surface area contributed by atoms with Crippen molar-refractivity contribution in [1.82, 2.24) is 10.3 Å². The first-order valence-corrected chi connectivity index (χ1v) is 7.33. The summed E-state index contributed by atoms with van der Waals surface area (Å²) in [7, 11) is 1.38. The summed E-state index contributed by atoms with van der Waals surface area (Å²) in [5.74, 6) is -1.58. The summed E-state index contributed by atoms with van der Waals surface area (Å²) in [5.41, 5.74) is -0.0508. The number of carboxylic acid groups (broad SMARTS) is 1. The number of aromatic nitrogens is 1. The van der Waals surface area contributed by atoms with Crippen LogP contribution in [0.25, 0.3) is 10.6 Å². The number of rotatable bonds is 7. The Bertz CT molecular complexity index is 652. The van der Waals surface area contributed by atoms with E-state index < -0.39 is 17.4 Å². The molecule has 2 rings (SSSR count). The molecule has 0 bridgehead atoms. The average Bonchev–Trinajstić information content (AvgIpc) is 3.08. The Kier molecular flexibility index (Phi) is 4.94. The maximum atomic E-state index is 12.0. The van der Waals surface area contributed by atoms with E-state index in [1.165, 1.54) is 25.4 Å². The van der Waals surface area contributed by atoms with Gasteiger partial charge in [-0.15, -0.1) is 11.3 Å². The highest BCUT2D eigenvalue weighted by molar-refractivity contribution is 7.13. The Labute approximate surface area is 130 Å². The Morgan fingerprint density at radius 1 is 1.55 bits per heavy atom. The van der Waals surface area contributed by atoms with Crippen molar-refractivity contribution in [2.45, 2.75) is 18.9 Å². The van der Waals surface area contributed by atoms with Crippen LogP contribution in [0.1, 0.15) is 12.6 Å². The number of thiazole rings is 1. The largest absolute Gasteiger partial charge is 0.479 e. The quantitative estimate of drug-likeness (QED) is 0.801. The lowest BCUT2D eigenvalue weighted by atomic mass is 10.0. The molecule has 0 fully saturated rings. The van der Waals surface area contributed by atoms with Crippen LogP contribution in [-0.4, -0.2) is 41.2 Å². The van der Waals surface area contributed by atoms with Crippen molar-refractivity contribution in [3.8, 4) is 10.6 Å². The van der Waals surface area contributed by atoms with Crippen LogP contribution in [-0.2, 0) is 20.7 Å². The normalized spacial score (nSPS) is 13.5. The van der Waals surface area contributed by atoms with E-state index >= 15 is 0 Å². The third kappa shape index (κ3) is 3.71. The van der Waals surface area contributed by atoms with Gasteiger partial charge in [0.05, 0.1) is 25.0 Å². The first kappa shape index (κ1) is 16.2. The van der Waals surface area contributed by atoms with Crippen LogP contribution in [0, 0.1) is 0 Å². The Balaban J connectivity index is 2.01. The Morgan fingerprint density at radius 3 is 2.91 bits per heavy atom. The predicted octanol–water partition coefficient (Wildman–Crippen LogP) is 1.55. The second-order valence-corrected chi connectivity index (χ2v) is 5.81. The van der Waals surface area contributed by atoms with Gasteiger partial charge in [-0.25, -0.2) is 9.78 Å². The van der Waals surface area contributed by atoms with E-state index in [9.17, 15) is 14.7 Å². The van der Waals surface area contributed by atoms with Crippen molar-refractivity contribution in [2.75, 3.05) is 13.7 Å². The fourth-order valence-electron chi connectivity index (χ4n) is 1.86. The minimum Gasteiger partial charge on any atom is -0.479 e. The van der Waals surface area contributed by atoms with Crippen molar-refractivity contribution in [2.24, 2.45) is 0 Å². The van der Waals surface area contributed by atoms with E-state index in [4.69, 9.17) is 9.15 Å². The van der Waals surface area contributed by atoms with E-state index in [1.54, 1.807) is 24.0 Å². The molecular weight excluding hydrogens is 308 g/mol. The number of nitrogens with one attached hydrogen (secondary N) is 1. The van der Waals surface area contributed by atoms with Gasteiger partial charge in [0.2, 0.25) is 5.91 Å². The summed E-state index contributed by atoms with van der Waals surface area (Å²) >= 11 is 1.39. The lowest BCUT2D eigenvalue weighted by molar-refractivity contribution is -0.149. The van der Waals surface area contributed by atoms with Gasteiger partial charge in [0.1, 0.15) is 11.3 Å². The Morgan fingerprint density at radius 2 is 2.32 bits per heavy atom. The highest BCUT2D eigenvalue weighted by Crippen LogP contribution is 2.24. The number of hydrogen-bond donors (Lipinski definition) is 2. The summed E-state index contributed by atoms with van der Waals surface area (Å²) in [6.45, 7) is 1.28. The molecule has 2 aromatic heterocycles. The highest BCUT2D eigenvalue weighted by Gasteiger charge is 2.35. The molecule has 0 aliphatic carbocycles. The summed E-state index contributed by atoms with van der Waals surface area (Å²) < 4.78 is 9.84. The summed E-state index contributed by atoms with van der Waals surface area (Å²) in [5, 5.41) is 14.2. The molecule has 22 heavy (non-hydrogen) atoms. The molecule has 0 spiro atoms. The van der Waals surface area contributed by atoms with Gasteiger partial charge in [0, 0.05) is 18.1 Å². The fraction of sp³-hybridized carbons (Fsp3) is 0.357. The van der Waals surface area contributed by atoms with Gasteiger partial charge in [-0.05, 0) is 13.0 Å². The number of amides is 1. The van der Waals surface area contributed by atoms with Crippen molar-refractivity contribution in [1.29, 1.82) is 0 Å². The number of nitrogens with zero attached hydrogens (tertiary/aromatic N) is 1. The zero-order chi connectivity index (χ0) is 16.2. The molecule has 0 saturated carbocycles. The summed E-state index contributed by atoms with van der Waals surface area (Å²) in [4.78, 5) is 27.6. The van der Waals surface area contributed by atoms with E-state index in [0.717, 1.165) is 10.6 Å². The predicted molar refractivity (Wildman–Crippen MR) is 79.6 cm³/mol. The molecule has 2 heterocycles. The average molecular weight is 324 g/mol. The monoisotopic (exact) mass is 324 g/mol. The van der Waals surface area contributed by atoms with Crippen LogP contribution in [0.2, 0.25) is 0 Å². The summed E-state index contributed by atoms with van der Waals surface area (Å²) in [6, 6.07) is 1.78. The molecule has 0 aliphatic rings. The van der Waals surface area contributed by atoms with E-state index in [0.29, 0.717) is 5.69 Å². The van der Waals surface area contributed by atoms with E-state index in [1.807, 2.05) is 0 Å². The van der Waals surface area contributed by atoms with Crippen LogP contribution in [0.15, 0.2) is 28.4 Å². The molecule has 0 aliphatic heterocycles. The highest BCUT2D eigenvalue weighted by atomic mass is 32.1. The number of ether oxygens (including phenoxy) is 1. The number of carboxylic acids is 1. The maximum Gasteiger partial charge on any atom is 0.331 e. The molecule has 118 valence electrons. The molecular formula is C14H16N2O5S. The number of methoxy groups -OCH3 is 1. The molecule has 1 atom stereocenters. The minimum absolute atomic E-state index is 0.000928. The number of carbonyl (C=O) groups excluding carboxylic acids is 1. The molecule has 8 heteroatoms.